The average Bonchev–Trinajstić information content (AvgIpc) is 1.50. The second-order valence-electron chi connectivity index (χ2n) is 34.4. The van der Waals surface area contributed by atoms with Crippen molar-refractivity contribution in [3.05, 3.63) is 263 Å². The summed E-state index contributed by atoms with van der Waals surface area (Å²) in [7, 11) is 0. The predicted molar refractivity (Wildman–Crippen MR) is 426 cm³/mol. The fourth-order valence-electron chi connectivity index (χ4n) is 21.7. The van der Waals surface area contributed by atoms with E-state index in [9.17, 15) is 0 Å². The van der Waals surface area contributed by atoms with Gasteiger partial charge in [-0.1, -0.05) is 184 Å². The lowest BCUT2D eigenvalue weighted by molar-refractivity contribution is -0.0390. The number of benzene rings is 12. The number of furan rings is 3. The minimum Gasteiger partial charge on any atom is -0.456 e. The van der Waals surface area contributed by atoms with Crippen molar-refractivity contribution in [3.8, 4) is 33.4 Å². The molecule has 0 radical (unpaired) electrons. The van der Waals surface area contributed by atoms with E-state index < -0.39 is 0 Å². The Kier molecular flexibility index (Phi) is 11.8. The van der Waals surface area contributed by atoms with Gasteiger partial charge in [0.1, 0.15) is 33.5 Å². The highest BCUT2D eigenvalue weighted by Crippen LogP contribution is 2.72. The first-order valence-electron chi connectivity index (χ1n) is 37.3. The van der Waals surface area contributed by atoms with Gasteiger partial charge in [-0.05, 0) is 213 Å². The van der Waals surface area contributed by atoms with E-state index in [1.54, 1.807) is 5.56 Å². The molecule has 0 atom stereocenters. The van der Waals surface area contributed by atoms with E-state index in [0.717, 1.165) is 106 Å². The number of hydrogen-bond donors (Lipinski definition) is 0. The van der Waals surface area contributed by atoms with Gasteiger partial charge in [0.15, 0.2) is 0 Å². The zero-order valence-electron chi connectivity index (χ0n) is 59.7. The van der Waals surface area contributed by atoms with Crippen LogP contribution in [0.1, 0.15) is 146 Å². The molecule has 4 aromatic heterocycles. The molecule has 4 fully saturated rings. The maximum Gasteiger partial charge on any atom is 0.140 e. The molecule has 12 aromatic carbocycles. The van der Waals surface area contributed by atoms with Gasteiger partial charge in [-0.15, -0.1) is 11.3 Å². The second-order valence-corrected chi connectivity index (χ2v) is 35.4. The van der Waals surface area contributed by atoms with Gasteiger partial charge in [-0.3, -0.25) is 0 Å². The van der Waals surface area contributed by atoms with Crippen molar-refractivity contribution >= 4 is 131 Å². The molecular weight excluding hydrogens is 1260 g/mol. The molecule has 7 aliphatic rings. The van der Waals surface area contributed by atoms with Crippen LogP contribution in [-0.2, 0) is 27.1 Å². The number of hydrogen-bond acceptors (Lipinski definition) is 6. The van der Waals surface area contributed by atoms with Crippen LogP contribution in [0.25, 0.3) is 119 Å². The molecule has 23 rings (SSSR count). The van der Waals surface area contributed by atoms with Gasteiger partial charge in [-0.2, -0.15) is 0 Å². The van der Waals surface area contributed by atoms with E-state index >= 15 is 0 Å². The standard InChI is InChI=1S/C96H80N2O3S/c1-92(2,3)77-23-15-19-71-66-33-27-58(48-81(66)99-89(71)77)97(56-25-31-64-62-17-11-13-21-75(62)94(7,8)79(64)46-56)59-29-35-68-73-38-37-70-69-39-40-84-86(87(69)96(88(70)91(73)101-83(68)50-59)54-42-52-41-53(44-54)45-55(96)43-52)74-36-30-61(51-85(74)102-84)98(57-26-32-65-63-18-12-14-22-76(63)95(9,10)80(65)47-57)60-28-34-67-72-20-16-24-78(93(4,5)6)90(72)100-82(67)49-60/h11-40,46-55H,41-45H2,1-10H3. The van der Waals surface area contributed by atoms with Crippen molar-refractivity contribution in [2.75, 3.05) is 9.80 Å². The van der Waals surface area contributed by atoms with Crippen LogP contribution >= 0.6 is 11.3 Å². The van der Waals surface area contributed by atoms with E-state index in [1.165, 1.54) is 130 Å². The topological polar surface area (TPSA) is 45.9 Å². The Morgan fingerprint density at radius 1 is 0.333 bits per heavy atom. The first-order valence-corrected chi connectivity index (χ1v) is 38.1. The van der Waals surface area contributed by atoms with Crippen molar-refractivity contribution in [1.82, 2.24) is 0 Å². The Labute approximate surface area is 599 Å². The third-order valence-electron chi connectivity index (χ3n) is 26.1. The summed E-state index contributed by atoms with van der Waals surface area (Å²) in [6.07, 6.45) is 6.46. The molecule has 102 heavy (non-hydrogen) atoms. The van der Waals surface area contributed by atoms with Crippen molar-refractivity contribution < 1.29 is 13.3 Å². The lowest BCUT2D eigenvalue weighted by atomic mass is 9.43. The Balaban J connectivity index is 0.715. The summed E-state index contributed by atoms with van der Waals surface area (Å²) in [6.45, 7) is 23.2. The normalized spacial score (nSPS) is 20.3. The molecule has 5 nitrogen and oxygen atoms in total. The van der Waals surface area contributed by atoms with Gasteiger partial charge in [0.05, 0.1) is 0 Å². The number of rotatable bonds is 6. The molecule has 0 aliphatic heterocycles. The van der Waals surface area contributed by atoms with Crippen LogP contribution < -0.4 is 9.80 Å². The van der Waals surface area contributed by atoms with E-state index in [2.05, 4.69) is 297 Å². The minimum atomic E-state index is -0.203. The SMILES string of the molecule is CC(C)(C)c1cccc2c1oc1cc(N(c3ccc4c(c3)C(C)(C)c3ccccc3-4)c3ccc4c(c3)oc3c5c(ccc34)-c3ccc4sc6cc(N(c7ccc8c(c7)C(C)(C)c7ccccc7-8)c7ccc8c(c7)oc7c(C(C)(C)C)cccc78)ccc6c4c3C53C4CC5CC(C4)CC3C5)ccc12. The molecule has 7 aliphatic carbocycles. The number of anilines is 6. The van der Waals surface area contributed by atoms with Crippen molar-refractivity contribution in [2.45, 2.75) is 128 Å². The fraction of sp³-hybridized carbons (Fsp3) is 0.250. The van der Waals surface area contributed by atoms with E-state index in [4.69, 9.17) is 13.3 Å². The summed E-state index contributed by atoms with van der Waals surface area (Å²) in [4.78, 5) is 4.94. The van der Waals surface area contributed by atoms with Crippen molar-refractivity contribution in [2.24, 2.45) is 23.7 Å². The molecule has 1 spiro atoms. The maximum absolute atomic E-state index is 7.80. The first-order chi connectivity index (χ1) is 49.3. The first kappa shape index (κ1) is 59.5. The third kappa shape index (κ3) is 7.89. The Morgan fingerprint density at radius 2 is 0.725 bits per heavy atom. The predicted octanol–water partition coefficient (Wildman–Crippen LogP) is 27.6. The van der Waals surface area contributed by atoms with Gasteiger partial charge >= 0.3 is 0 Å². The largest absolute Gasteiger partial charge is 0.456 e. The minimum absolute atomic E-state index is 0.0763. The van der Waals surface area contributed by atoms with Crippen LogP contribution in [0.3, 0.4) is 0 Å². The molecule has 0 saturated heterocycles. The number of thiophene rings is 1. The highest BCUT2D eigenvalue weighted by atomic mass is 32.1. The summed E-state index contributed by atoms with van der Waals surface area (Å²) in [5.74, 6) is 2.58. The summed E-state index contributed by atoms with van der Waals surface area (Å²) >= 11 is 1.97. The van der Waals surface area contributed by atoms with Crippen LogP contribution in [0, 0.1) is 23.7 Å². The molecule has 0 unspecified atom stereocenters. The van der Waals surface area contributed by atoms with Crippen molar-refractivity contribution in [3.63, 3.8) is 0 Å². The number of nitrogens with zero attached hydrogens (tertiary/aromatic N) is 2. The monoisotopic (exact) mass is 1340 g/mol. The van der Waals surface area contributed by atoms with E-state index in [0.29, 0.717) is 11.8 Å². The Hall–Kier alpha value is -10.1. The zero-order valence-corrected chi connectivity index (χ0v) is 60.5. The molecule has 498 valence electrons. The smallest absolute Gasteiger partial charge is 0.140 e. The molecule has 4 saturated carbocycles. The molecule has 16 aromatic rings. The second kappa shape index (κ2) is 20.1. The Bertz CT molecular complexity index is 6370. The molecule has 4 bridgehead atoms. The van der Waals surface area contributed by atoms with Gasteiger partial charge in [-0.25, -0.2) is 0 Å². The molecule has 0 amide bonds. The fourth-order valence-corrected chi connectivity index (χ4v) is 22.9. The summed E-state index contributed by atoms with van der Waals surface area (Å²) < 4.78 is 24.5. The maximum atomic E-state index is 7.80. The average molecular weight is 1340 g/mol. The molecule has 6 heteroatoms. The number of fused-ring (bicyclic) bond motifs is 23. The summed E-state index contributed by atoms with van der Waals surface area (Å²) in [5, 5.41) is 9.75. The lowest BCUT2D eigenvalue weighted by Gasteiger charge is -2.61. The quantitative estimate of drug-likeness (QED) is 0.166. The lowest BCUT2D eigenvalue weighted by Crippen LogP contribution is -2.55. The van der Waals surface area contributed by atoms with Crippen LogP contribution in [0.5, 0.6) is 0 Å². The molecular formula is C96H80N2O3S. The van der Waals surface area contributed by atoms with Crippen LogP contribution in [-0.4, -0.2) is 0 Å². The van der Waals surface area contributed by atoms with E-state index in [-0.39, 0.29) is 27.1 Å². The summed E-state index contributed by atoms with van der Waals surface area (Å²) in [6, 6.07) is 83.6. The highest BCUT2D eigenvalue weighted by Gasteiger charge is 2.63. The van der Waals surface area contributed by atoms with Crippen LogP contribution in [0.4, 0.5) is 34.1 Å². The van der Waals surface area contributed by atoms with Gasteiger partial charge in [0.2, 0.25) is 0 Å². The molecule has 0 N–H and O–H groups in total. The van der Waals surface area contributed by atoms with Crippen LogP contribution in [0.2, 0.25) is 0 Å². The number of para-hydroxylation sites is 2. The molecule has 4 heterocycles. The van der Waals surface area contributed by atoms with Gasteiger partial charge in [0, 0.05) is 138 Å². The summed E-state index contributed by atoms with van der Waals surface area (Å²) in [5.41, 5.74) is 30.5. The van der Waals surface area contributed by atoms with Crippen molar-refractivity contribution in [1.29, 1.82) is 0 Å². The third-order valence-corrected chi connectivity index (χ3v) is 27.2. The van der Waals surface area contributed by atoms with E-state index in [1.807, 2.05) is 11.3 Å². The van der Waals surface area contributed by atoms with Gasteiger partial charge < -0.3 is 23.1 Å². The van der Waals surface area contributed by atoms with Crippen LogP contribution in [0.15, 0.2) is 232 Å². The Morgan fingerprint density at radius 3 is 1.23 bits per heavy atom. The van der Waals surface area contributed by atoms with Gasteiger partial charge in [0.25, 0.3) is 0 Å². The zero-order chi connectivity index (χ0) is 68.6. The highest BCUT2D eigenvalue weighted by molar-refractivity contribution is 7.26.